The fraction of sp³-hybridized carbons (Fsp3) is 0.538. The van der Waals surface area contributed by atoms with Gasteiger partial charge in [-0.15, -0.1) is 0 Å². The van der Waals surface area contributed by atoms with Gasteiger partial charge in [0.1, 0.15) is 0 Å². The van der Waals surface area contributed by atoms with Crippen molar-refractivity contribution in [2.24, 2.45) is 0 Å². The Balaban J connectivity index is 2.58. The highest BCUT2D eigenvalue weighted by atomic mass is 16.5. The Labute approximate surface area is 92.6 Å². The molecule has 0 aliphatic rings. The molecule has 1 N–H and O–H groups in total. The normalized spacial score (nSPS) is 10.7. The number of hydrogen-bond acceptors (Lipinski definition) is 2. The van der Waals surface area contributed by atoms with Crippen LogP contribution in [0.1, 0.15) is 22.3 Å². The Hall–Kier alpha value is -0.860. The zero-order valence-corrected chi connectivity index (χ0v) is 10.2. The van der Waals surface area contributed by atoms with E-state index in [1.165, 1.54) is 22.3 Å². The lowest BCUT2D eigenvalue weighted by Crippen LogP contribution is -2.19. The molecule has 0 aromatic heterocycles. The van der Waals surface area contributed by atoms with E-state index in [4.69, 9.17) is 4.74 Å². The van der Waals surface area contributed by atoms with Gasteiger partial charge in [-0.25, -0.2) is 0 Å². The van der Waals surface area contributed by atoms with E-state index in [9.17, 15) is 0 Å². The van der Waals surface area contributed by atoms with E-state index in [0.717, 1.165) is 13.0 Å². The number of hydrogen-bond donors (Lipinski definition) is 1. The van der Waals surface area contributed by atoms with Crippen LogP contribution in [0.4, 0.5) is 0 Å². The molecule has 0 bridgehead atoms. The summed E-state index contributed by atoms with van der Waals surface area (Å²) in [5, 5.41) is 3.22. The van der Waals surface area contributed by atoms with Crippen LogP contribution in [0, 0.1) is 20.8 Å². The lowest BCUT2D eigenvalue weighted by Gasteiger charge is -2.11. The fourth-order valence-corrected chi connectivity index (χ4v) is 1.68. The molecule has 84 valence electrons. The lowest BCUT2D eigenvalue weighted by atomic mass is 9.97. The largest absolute Gasteiger partial charge is 0.370 e. The van der Waals surface area contributed by atoms with Crippen molar-refractivity contribution in [3.8, 4) is 0 Å². The summed E-state index contributed by atoms with van der Waals surface area (Å²) < 4.78 is 4.94. The number of aryl methyl sites for hydroxylation is 1. The molecule has 1 aromatic carbocycles. The van der Waals surface area contributed by atoms with Crippen LogP contribution >= 0.6 is 0 Å². The second kappa shape index (κ2) is 5.89. The smallest absolute Gasteiger partial charge is 0.0961 e. The molecule has 0 heterocycles. The van der Waals surface area contributed by atoms with E-state index in [1.807, 2.05) is 0 Å². The first-order chi connectivity index (χ1) is 7.16. The Kier molecular flexibility index (Phi) is 4.79. The molecule has 2 heteroatoms. The average Bonchev–Trinajstić information content (AvgIpc) is 2.24. The molecule has 0 saturated carbocycles. The highest BCUT2D eigenvalue weighted by Crippen LogP contribution is 2.17. The first-order valence-corrected chi connectivity index (χ1v) is 5.42. The van der Waals surface area contributed by atoms with Crippen LogP contribution in [0.15, 0.2) is 12.1 Å². The van der Waals surface area contributed by atoms with Crippen molar-refractivity contribution < 1.29 is 4.74 Å². The van der Waals surface area contributed by atoms with E-state index < -0.39 is 0 Å². The molecule has 0 aliphatic heterocycles. The van der Waals surface area contributed by atoms with E-state index in [-0.39, 0.29) is 0 Å². The maximum absolute atomic E-state index is 4.94. The van der Waals surface area contributed by atoms with Crippen LogP contribution in [-0.4, -0.2) is 20.4 Å². The summed E-state index contributed by atoms with van der Waals surface area (Å²) in [6.45, 7) is 8.15. The maximum Gasteiger partial charge on any atom is 0.0961 e. The Morgan fingerprint density at radius 2 is 1.87 bits per heavy atom. The van der Waals surface area contributed by atoms with Crippen molar-refractivity contribution in [2.45, 2.75) is 27.2 Å². The summed E-state index contributed by atoms with van der Waals surface area (Å²) in [7, 11) is 1.70. The molecule has 0 radical (unpaired) electrons. The van der Waals surface area contributed by atoms with Gasteiger partial charge in [-0.2, -0.15) is 0 Å². The molecule has 15 heavy (non-hydrogen) atoms. The Bertz CT molecular complexity index is 321. The van der Waals surface area contributed by atoms with Gasteiger partial charge in [0.2, 0.25) is 0 Å². The Morgan fingerprint density at radius 3 is 2.53 bits per heavy atom. The molecular weight excluding hydrogens is 186 g/mol. The summed E-state index contributed by atoms with van der Waals surface area (Å²) in [4.78, 5) is 0. The quantitative estimate of drug-likeness (QED) is 0.591. The first-order valence-electron chi connectivity index (χ1n) is 5.42. The predicted octanol–water partition coefficient (Wildman–Crippen LogP) is 2.35. The van der Waals surface area contributed by atoms with Gasteiger partial charge in [-0.05, 0) is 49.4 Å². The van der Waals surface area contributed by atoms with Gasteiger partial charge < -0.3 is 4.74 Å². The van der Waals surface area contributed by atoms with Crippen LogP contribution in [0.25, 0.3) is 0 Å². The molecule has 1 rings (SSSR count). The summed E-state index contributed by atoms with van der Waals surface area (Å²) in [5.41, 5.74) is 5.65. The third-order valence-corrected chi connectivity index (χ3v) is 2.99. The minimum absolute atomic E-state index is 0.629. The van der Waals surface area contributed by atoms with Gasteiger partial charge in [0.15, 0.2) is 0 Å². The number of benzene rings is 1. The van der Waals surface area contributed by atoms with Crippen molar-refractivity contribution in [3.05, 3.63) is 34.4 Å². The molecule has 1 aromatic rings. The molecule has 0 atom stereocenters. The zero-order chi connectivity index (χ0) is 11.3. The van der Waals surface area contributed by atoms with Gasteiger partial charge >= 0.3 is 0 Å². The number of methoxy groups -OCH3 is 1. The van der Waals surface area contributed by atoms with Crippen molar-refractivity contribution in [1.82, 2.24) is 5.32 Å². The van der Waals surface area contributed by atoms with Gasteiger partial charge in [-0.3, -0.25) is 5.32 Å². The molecule has 0 saturated heterocycles. The number of ether oxygens (including phenoxy) is 1. The minimum Gasteiger partial charge on any atom is -0.370 e. The van der Waals surface area contributed by atoms with Crippen LogP contribution in [-0.2, 0) is 11.2 Å². The molecule has 0 aliphatic carbocycles. The predicted molar refractivity (Wildman–Crippen MR) is 64.2 cm³/mol. The molecular formula is C13H21NO. The highest BCUT2D eigenvalue weighted by Gasteiger charge is 2.02. The zero-order valence-electron chi connectivity index (χ0n) is 10.2. The molecule has 0 fully saturated rings. The molecule has 0 unspecified atom stereocenters. The van der Waals surface area contributed by atoms with Crippen molar-refractivity contribution in [1.29, 1.82) is 0 Å². The van der Waals surface area contributed by atoms with E-state index >= 15 is 0 Å². The van der Waals surface area contributed by atoms with Crippen LogP contribution < -0.4 is 5.32 Å². The summed E-state index contributed by atoms with van der Waals surface area (Å²) in [6.07, 6.45) is 1.07. The summed E-state index contributed by atoms with van der Waals surface area (Å²) >= 11 is 0. The highest BCUT2D eigenvalue weighted by molar-refractivity contribution is 5.38. The van der Waals surface area contributed by atoms with Crippen molar-refractivity contribution >= 4 is 0 Å². The van der Waals surface area contributed by atoms with Crippen LogP contribution in [0.3, 0.4) is 0 Å². The van der Waals surface area contributed by atoms with E-state index in [1.54, 1.807) is 7.11 Å². The lowest BCUT2D eigenvalue weighted by molar-refractivity contribution is 0.176. The summed E-state index contributed by atoms with van der Waals surface area (Å²) in [5.74, 6) is 0. The number of rotatable bonds is 5. The van der Waals surface area contributed by atoms with E-state index in [0.29, 0.717) is 6.73 Å². The van der Waals surface area contributed by atoms with Gasteiger partial charge in [-0.1, -0.05) is 12.1 Å². The average molecular weight is 207 g/mol. The van der Waals surface area contributed by atoms with Crippen LogP contribution in [0.2, 0.25) is 0 Å². The third kappa shape index (κ3) is 3.33. The molecule has 0 spiro atoms. The standard InChI is InChI=1S/C13H21NO/c1-10-5-6-13(12(3)11(10)2)7-8-14-9-15-4/h5-6,14H,7-9H2,1-4H3. The van der Waals surface area contributed by atoms with Gasteiger partial charge in [0.05, 0.1) is 6.73 Å². The van der Waals surface area contributed by atoms with E-state index in [2.05, 4.69) is 38.2 Å². The molecule has 2 nitrogen and oxygen atoms in total. The minimum atomic E-state index is 0.629. The van der Waals surface area contributed by atoms with Gasteiger partial charge in [0, 0.05) is 13.7 Å². The summed E-state index contributed by atoms with van der Waals surface area (Å²) in [6, 6.07) is 4.43. The molecule has 0 amide bonds. The second-order valence-corrected chi connectivity index (χ2v) is 3.97. The van der Waals surface area contributed by atoms with Crippen molar-refractivity contribution in [3.63, 3.8) is 0 Å². The number of nitrogens with one attached hydrogen (secondary N) is 1. The van der Waals surface area contributed by atoms with Gasteiger partial charge in [0.25, 0.3) is 0 Å². The maximum atomic E-state index is 4.94. The topological polar surface area (TPSA) is 21.3 Å². The SMILES string of the molecule is COCNCCc1ccc(C)c(C)c1C. The van der Waals surface area contributed by atoms with Crippen molar-refractivity contribution in [2.75, 3.05) is 20.4 Å². The third-order valence-electron chi connectivity index (χ3n) is 2.99. The fourth-order valence-electron chi connectivity index (χ4n) is 1.68. The monoisotopic (exact) mass is 207 g/mol. The second-order valence-electron chi connectivity index (χ2n) is 3.97. The Morgan fingerprint density at radius 1 is 1.13 bits per heavy atom. The first kappa shape index (κ1) is 12.2. The van der Waals surface area contributed by atoms with Crippen LogP contribution in [0.5, 0.6) is 0 Å².